The highest BCUT2D eigenvalue weighted by Gasteiger charge is 2.21. The average Bonchev–Trinajstić information content (AvgIpc) is 2.04. The average molecular weight is 225 g/mol. The van der Waals surface area contributed by atoms with Crippen molar-refractivity contribution >= 4 is 16.0 Å². The van der Waals surface area contributed by atoms with Crippen LogP contribution in [0.25, 0.3) is 0 Å². The van der Waals surface area contributed by atoms with Crippen molar-refractivity contribution in [1.82, 2.24) is 4.72 Å². The molecule has 14 heavy (non-hydrogen) atoms. The number of hydrogen-bond acceptors (Lipinski definition) is 4. The number of nitrogens with one attached hydrogen (secondary N) is 1. The summed E-state index contributed by atoms with van der Waals surface area (Å²) < 4.78 is 29.1. The molecule has 0 saturated heterocycles. The van der Waals surface area contributed by atoms with E-state index in [2.05, 4.69) is 9.46 Å². The first-order valence-electron chi connectivity index (χ1n) is 4.05. The van der Waals surface area contributed by atoms with Crippen molar-refractivity contribution in [3.05, 3.63) is 0 Å². The van der Waals surface area contributed by atoms with Crippen molar-refractivity contribution in [2.24, 2.45) is 0 Å². The van der Waals surface area contributed by atoms with Gasteiger partial charge in [-0.05, 0) is 13.8 Å². The molecule has 2 N–H and O–H groups in total. The van der Waals surface area contributed by atoms with Crippen LogP contribution in [-0.4, -0.2) is 44.5 Å². The van der Waals surface area contributed by atoms with Crippen LogP contribution < -0.4 is 4.72 Å². The molecular formula is C7H15NO5S. The number of hydrogen-bond donors (Lipinski definition) is 2. The summed E-state index contributed by atoms with van der Waals surface area (Å²) in [7, 11) is -2.22. The van der Waals surface area contributed by atoms with Gasteiger partial charge in [-0.15, -0.1) is 0 Å². The SMILES string of the molecule is COC(CNS(=O)(=O)C(C)C)C(=O)O. The largest absolute Gasteiger partial charge is 0.479 e. The second-order valence-corrected chi connectivity index (χ2v) is 5.33. The van der Waals surface area contributed by atoms with E-state index in [1.165, 1.54) is 21.0 Å². The van der Waals surface area contributed by atoms with Gasteiger partial charge in [-0.3, -0.25) is 0 Å². The van der Waals surface area contributed by atoms with E-state index in [4.69, 9.17) is 5.11 Å². The lowest BCUT2D eigenvalue weighted by Gasteiger charge is -2.13. The van der Waals surface area contributed by atoms with Crippen LogP contribution in [0.4, 0.5) is 0 Å². The van der Waals surface area contributed by atoms with Crippen LogP contribution in [0.3, 0.4) is 0 Å². The lowest BCUT2D eigenvalue weighted by Crippen LogP contribution is -2.40. The lowest BCUT2D eigenvalue weighted by atomic mass is 10.4. The zero-order chi connectivity index (χ0) is 11.4. The van der Waals surface area contributed by atoms with E-state index in [0.29, 0.717) is 0 Å². The molecule has 0 aromatic carbocycles. The van der Waals surface area contributed by atoms with E-state index in [1.54, 1.807) is 0 Å². The molecule has 0 aliphatic heterocycles. The van der Waals surface area contributed by atoms with Crippen LogP contribution in [0.15, 0.2) is 0 Å². The molecule has 6 nitrogen and oxygen atoms in total. The Kier molecular flexibility index (Phi) is 5.03. The number of carbonyl (C=O) groups is 1. The summed E-state index contributed by atoms with van der Waals surface area (Å²) in [6.07, 6.45) is -1.15. The highest BCUT2D eigenvalue weighted by atomic mass is 32.2. The van der Waals surface area contributed by atoms with Crippen LogP contribution in [-0.2, 0) is 19.6 Å². The number of carboxylic acids is 1. The van der Waals surface area contributed by atoms with Crippen molar-refractivity contribution < 1.29 is 23.1 Å². The molecule has 1 atom stereocenters. The summed E-state index contributed by atoms with van der Waals surface area (Å²) in [5.41, 5.74) is 0. The summed E-state index contributed by atoms with van der Waals surface area (Å²) >= 11 is 0. The Bertz CT molecular complexity index is 284. The molecule has 0 spiro atoms. The Morgan fingerprint density at radius 3 is 2.29 bits per heavy atom. The molecule has 0 aromatic rings. The molecule has 0 bridgehead atoms. The fraction of sp³-hybridized carbons (Fsp3) is 0.857. The molecule has 84 valence electrons. The van der Waals surface area contributed by atoms with Gasteiger partial charge in [0.2, 0.25) is 10.0 Å². The van der Waals surface area contributed by atoms with Gasteiger partial charge >= 0.3 is 5.97 Å². The Morgan fingerprint density at radius 1 is 1.50 bits per heavy atom. The monoisotopic (exact) mass is 225 g/mol. The Labute approximate surface area is 83.3 Å². The predicted molar refractivity (Wildman–Crippen MR) is 50.5 cm³/mol. The number of ether oxygens (including phenoxy) is 1. The van der Waals surface area contributed by atoms with Gasteiger partial charge in [0.15, 0.2) is 6.10 Å². The first kappa shape index (κ1) is 13.3. The third-order valence-electron chi connectivity index (χ3n) is 1.65. The van der Waals surface area contributed by atoms with Crippen LogP contribution in [0.5, 0.6) is 0 Å². The van der Waals surface area contributed by atoms with Crippen LogP contribution in [0.2, 0.25) is 0 Å². The number of rotatable bonds is 6. The van der Waals surface area contributed by atoms with Crippen molar-refractivity contribution in [3.63, 3.8) is 0 Å². The maximum atomic E-state index is 11.2. The predicted octanol–water partition coefficient (Wildman–Crippen LogP) is -0.586. The Morgan fingerprint density at radius 2 is 2.00 bits per heavy atom. The molecule has 0 heterocycles. The molecule has 1 unspecified atom stereocenters. The first-order valence-corrected chi connectivity index (χ1v) is 5.60. The lowest BCUT2D eigenvalue weighted by molar-refractivity contribution is -0.147. The van der Waals surface area contributed by atoms with Gasteiger partial charge in [-0.25, -0.2) is 17.9 Å². The molecular weight excluding hydrogens is 210 g/mol. The smallest absolute Gasteiger partial charge is 0.334 e. The van der Waals surface area contributed by atoms with Crippen LogP contribution in [0, 0.1) is 0 Å². The second-order valence-electron chi connectivity index (χ2n) is 3.00. The molecule has 0 fully saturated rings. The van der Waals surface area contributed by atoms with Crippen molar-refractivity contribution in [2.75, 3.05) is 13.7 Å². The number of aliphatic carboxylic acids is 1. The minimum absolute atomic E-state index is 0.258. The van der Waals surface area contributed by atoms with Gasteiger partial charge in [0.05, 0.1) is 5.25 Å². The normalized spacial score (nSPS) is 14.3. The van der Waals surface area contributed by atoms with E-state index in [1.807, 2.05) is 0 Å². The quantitative estimate of drug-likeness (QED) is 0.630. The Hall–Kier alpha value is -0.660. The van der Waals surface area contributed by atoms with E-state index >= 15 is 0 Å². The van der Waals surface area contributed by atoms with Gasteiger partial charge in [0, 0.05) is 13.7 Å². The van der Waals surface area contributed by atoms with Crippen molar-refractivity contribution in [1.29, 1.82) is 0 Å². The summed E-state index contributed by atoms with van der Waals surface area (Å²) in [5, 5.41) is 7.96. The van der Waals surface area contributed by atoms with Crippen LogP contribution >= 0.6 is 0 Å². The maximum absolute atomic E-state index is 11.2. The molecule has 0 aliphatic carbocycles. The van der Waals surface area contributed by atoms with E-state index in [9.17, 15) is 13.2 Å². The first-order chi connectivity index (χ1) is 6.31. The zero-order valence-electron chi connectivity index (χ0n) is 8.35. The fourth-order valence-electron chi connectivity index (χ4n) is 0.630. The topological polar surface area (TPSA) is 92.7 Å². The van der Waals surface area contributed by atoms with Crippen molar-refractivity contribution in [3.8, 4) is 0 Å². The third kappa shape index (κ3) is 4.03. The van der Waals surface area contributed by atoms with Crippen LogP contribution in [0.1, 0.15) is 13.8 Å². The molecule has 0 amide bonds. The third-order valence-corrected chi connectivity index (χ3v) is 3.46. The van der Waals surface area contributed by atoms with Gasteiger partial charge in [-0.2, -0.15) is 0 Å². The second kappa shape index (κ2) is 5.28. The summed E-state index contributed by atoms with van der Waals surface area (Å²) in [6.45, 7) is 2.75. The van der Waals surface area contributed by atoms with Gasteiger partial charge < -0.3 is 9.84 Å². The molecule has 7 heteroatoms. The number of methoxy groups -OCH3 is 1. The zero-order valence-corrected chi connectivity index (χ0v) is 9.17. The van der Waals surface area contributed by atoms with Gasteiger partial charge in [0.25, 0.3) is 0 Å². The minimum Gasteiger partial charge on any atom is -0.479 e. The van der Waals surface area contributed by atoms with Gasteiger partial charge in [-0.1, -0.05) is 0 Å². The van der Waals surface area contributed by atoms with Gasteiger partial charge in [0.1, 0.15) is 0 Å². The summed E-state index contributed by atoms with van der Waals surface area (Å²) in [6, 6.07) is 0. The number of sulfonamides is 1. The van der Waals surface area contributed by atoms with E-state index in [-0.39, 0.29) is 6.54 Å². The maximum Gasteiger partial charge on any atom is 0.334 e. The highest BCUT2D eigenvalue weighted by molar-refractivity contribution is 7.90. The molecule has 0 aromatic heterocycles. The van der Waals surface area contributed by atoms with Crippen molar-refractivity contribution in [2.45, 2.75) is 25.2 Å². The molecule has 0 saturated carbocycles. The number of carboxylic acid groups (broad SMARTS) is 1. The molecule has 0 aliphatic rings. The van der Waals surface area contributed by atoms with E-state index in [0.717, 1.165) is 0 Å². The summed E-state index contributed by atoms with van der Waals surface area (Å²) in [5.74, 6) is -1.20. The summed E-state index contributed by atoms with van der Waals surface area (Å²) in [4.78, 5) is 10.5. The fourth-order valence-corrected chi connectivity index (χ4v) is 1.35. The highest BCUT2D eigenvalue weighted by Crippen LogP contribution is 1.97. The minimum atomic E-state index is -3.43. The standard InChI is InChI=1S/C7H15NO5S/c1-5(2)14(11,12)8-4-6(13-3)7(9)10/h5-6,8H,4H2,1-3H3,(H,9,10). The molecule has 0 rings (SSSR count). The molecule has 0 radical (unpaired) electrons. The van der Waals surface area contributed by atoms with E-state index < -0.39 is 27.3 Å². The Balaban J connectivity index is 4.24.